The summed E-state index contributed by atoms with van der Waals surface area (Å²) in [5.74, 6) is -1.11. The zero-order valence-electron chi connectivity index (χ0n) is 22.7. The van der Waals surface area contributed by atoms with Crippen molar-refractivity contribution in [3.8, 4) is 0 Å². The van der Waals surface area contributed by atoms with Crippen LogP contribution >= 0.6 is 15.6 Å². The Bertz CT molecular complexity index is 1900. The number of nitrogens with two attached hydrogens (primary N) is 2. The summed E-state index contributed by atoms with van der Waals surface area (Å²) in [4.78, 5) is 60.9. The molecule has 0 radical (unpaired) electrons. The average Bonchev–Trinajstić information content (AvgIpc) is 3.71. The van der Waals surface area contributed by atoms with Crippen LogP contribution in [0.2, 0.25) is 0 Å². The number of aromatic nitrogens is 7. The third kappa shape index (κ3) is 6.48. The van der Waals surface area contributed by atoms with Crippen molar-refractivity contribution in [3.05, 3.63) is 35.0 Å². The van der Waals surface area contributed by atoms with Crippen LogP contribution in [0.5, 0.6) is 0 Å². The van der Waals surface area contributed by atoms with E-state index in [0.717, 1.165) is 12.5 Å². The number of halogens is 1. The van der Waals surface area contributed by atoms with E-state index in [2.05, 4.69) is 29.4 Å². The van der Waals surface area contributed by atoms with E-state index in [1.165, 1.54) is 15.5 Å². The molecule has 0 amide bonds. The van der Waals surface area contributed by atoms with E-state index in [1.807, 2.05) is 0 Å². The Hall–Kier alpha value is -3.40. The van der Waals surface area contributed by atoms with Crippen molar-refractivity contribution in [1.82, 2.24) is 34.1 Å². The molecule has 4 aromatic heterocycles. The van der Waals surface area contributed by atoms with Crippen molar-refractivity contribution in [2.45, 2.75) is 49.7 Å². The Morgan fingerprint density at radius 2 is 1.78 bits per heavy atom. The first-order valence-electron chi connectivity index (χ1n) is 13.0. The number of anilines is 2. The number of aliphatic hydroxyl groups excluding tert-OH is 1. The number of phosphoric ester groups is 2. The number of nitrogen functional groups attached to an aromatic ring is 2. The van der Waals surface area contributed by atoms with Crippen LogP contribution in [0, 0.1) is 5.82 Å². The first-order chi connectivity index (χ1) is 21.2. The molecular weight excluding hydrogens is 651 g/mol. The number of H-pyrrole nitrogens is 1. The van der Waals surface area contributed by atoms with Gasteiger partial charge >= 0.3 is 7.82 Å². The Kier molecular flexibility index (Phi) is 8.25. The summed E-state index contributed by atoms with van der Waals surface area (Å²) < 4.78 is 67.7. The smallest absolute Gasteiger partial charge is 0.472 e. The van der Waals surface area contributed by atoms with Gasteiger partial charge in [0, 0.05) is 19.0 Å². The molecule has 244 valence electrons. The van der Waals surface area contributed by atoms with Gasteiger partial charge in [0.15, 0.2) is 22.6 Å². The molecule has 45 heavy (non-hydrogen) atoms. The third-order valence-corrected chi connectivity index (χ3v) is 8.61. The highest BCUT2D eigenvalue weighted by molar-refractivity contribution is 7.47. The van der Waals surface area contributed by atoms with Gasteiger partial charge in [-0.2, -0.15) is 4.98 Å². The van der Waals surface area contributed by atoms with E-state index in [-0.39, 0.29) is 46.8 Å². The molecule has 2 aliphatic heterocycles. The summed E-state index contributed by atoms with van der Waals surface area (Å²) in [5, 5.41) is 10.4. The minimum atomic E-state index is -5.24. The van der Waals surface area contributed by atoms with Gasteiger partial charge in [-0.3, -0.25) is 28.0 Å². The standard InChI is InChI=1S/C21H26FN9O12P2/c22-8-3-30(18-15(8)17(23)25-6-26-18)14-2-10(12(42-14)5-39-44(34,35)36)43-45(37,38)40-4-11-9(32)1-13(41-11)31-7-27-16-19(31)28-21(24)29-20(16)33/h3,6-7,9-14,32H,1-2,4-5H2,(H,37,38)(H2,23,25,26)(H2,34,35,36)(H3,24,28,29,33)/p-1/t9-,10-,11+,12+,13+,14+/m0/s1. The van der Waals surface area contributed by atoms with E-state index in [4.69, 9.17) is 34.9 Å². The van der Waals surface area contributed by atoms with E-state index < -0.39 is 77.1 Å². The van der Waals surface area contributed by atoms with Crippen LogP contribution in [0.15, 0.2) is 23.6 Å². The lowest BCUT2D eigenvalue weighted by atomic mass is 10.2. The van der Waals surface area contributed by atoms with Crippen LogP contribution in [-0.4, -0.2) is 86.6 Å². The predicted molar refractivity (Wildman–Crippen MR) is 144 cm³/mol. The van der Waals surface area contributed by atoms with Gasteiger partial charge in [-0.25, -0.2) is 23.9 Å². The molecule has 6 heterocycles. The Morgan fingerprint density at radius 1 is 1.07 bits per heavy atom. The lowest BCUT2D eigenvalue weighted by Crippen LogP contribution is -2.30. The number of imidazole rings is 1. The summed E-state index contributed by atoms with van der Waals surface area (Å²) >= 11 is 0. The third-order valence-electron chi connectivity index (χ3n) is 7.12. The van der Waals surface area contributed by atoms with Crippen molar-refractivity contribution in [1.29, 1.82) is 0 Å². The topological polar surface area (TPSA) is 310 Å². The lowest BCUT2D eigenvalue weighted by molar-refractivity contribution is -0.222. The van der Waals surface area contributed by atoms with Gasteiger partial charge in [-0.1, -0.05) is 0 Å². The number of nitrogens with zero attached hydrogens (tertiary/aromatic N) is 6. The number of rotatable bonds is 10. The molecule has 6 rings (SSSR count). The van der Waals surface area contributed by atoms with E-state index in [1.54, 1.807) is 0 Å². The molecule has 0 bridgehead atoms. The van der Waals surface area contributed by atoms with Crippen molar-refractivity contribution in [3.63, 3.8) is 0 Å². The SMILES string of the molecule is Nc1nc2c(ncn2[C@H]2C[C@H](O)[C@@H](COP(=O)(O)O[C@H]3C[C@H](n4cc(F)c5c(N)ncnc54)O[C@@H]3COP(=O)([O-])O)O2)c(=O)[nH]1. The van der Waals surface area contributed by atoms with Crippen LogP contribution < -0.4 is 21.9 Å². The van der Waals surface area contributed by atoms with E-state index in [0.29, 0.717) is 0 Å². The highest BCUT2D eigenvalue weighted by Gasteiger charge is 2.44. The van der Waals surface area contributed by atoms with Crippen molar-refractivity contribution < 1.29 is 56.4 Å². The van der Waals surface area contributed by atoms with Gasteiger partial charge in [0.25, 0.3) is 13.4 Å². The normalized spacial score (nSPS) is 28.1. The first kappa shape index (κ1) is 31.6. The number of hydrogen-bond acceptors (Lipinski definition) is 16. The van der Waals surface area contributed by atoms with Crippen LogP contribution in [-0.2, 0) is 32.2 Å². The molecule has 8 N–H and O–H groups in total. The first-order valence-corrected chi connectivity index (χ1v) is 16.0. The molecule has 0 aliphatic carbocycles. The van der Waals surface area contributed by atoms with Crippen LogP contribution in [0.4, 0.5) is 16.2 Å². The maximum atomic E-state index is 14.6. The lowest BCUT2D eigenvalue weighted by Gasteiger charge is -2.24. The fourth-order valence-corrected chi connectivity index (χ4v) is 6.44. The van der Waals surface area contributed by atoms with Crippen LogP contribution in [0.3, 0.4) is 0 Å². The molecule has 2 saturated heterocycles. The molecular formula is C21H25FN9O12P2-. The maximum absolute atomic E-state index is 14.6. The summed E-state index contributed by atoms with van der Waals surface area (Å²) in [7, 11) is -10.2. The largest absolute Gasteiger partial charge is 0.756 e. The predicted octanol–water partition coefficient (Wildman–Crippen LogP) is -1.22. The molecule has 24 heteroatoms. The van der Waals surface area contributed by atoms with Crippen molar-refractivity contribution in [2.75, 3.05) is 24.7 Å². The molecule has 2 aliphatic rings. The molecule has 8 atom stereocenters. The van der Waals surface area contributed by atoms with Crippen molar-refractivity contribution in [2.24, 2.45) is 0 Å². The second-order valence-corrected chi connectivity index (χ2v) is 12.7. The maximum Gasteiger partial charge on any atom is 0.472 e. The summed E-state index contributed by atoms with van der Waals surface area (Å²) in [6, 6.07) is 0. The Balaban J connectivity index is 1.15. The minimum absolute atomic E-state index is 0.0143. The van der Waals surface area contributed by atoms with E-state index in [9.17, 15) is 33.2 Å². The van der Waals surface area contributed by atoms with Crippen molar-refractivity contribution >= 4 is 49.6 Å². The molecule has 0 aromatic carbocycles. The number of hydrogen-bond donors (Lipinski definition) is 6. The van der Waals surface area contributed by atoms with Crippen LogP contribution in [0.25, 0.3) is 22.2 Å². The quantitative estimate of drug-likeness (QED) is 0.107. The summed E-state index contributed by atoms with van der Waals surface area (Å²) in [6.07, 6.45) is -4.12. The zero-order chi connectivity index (χ0) is 32.3. The van der Waals surface area contributed by atoms with E-state index >= 15 is 0 Å². The summed E-state index contributed by atoms with van der Waals surface area (Å²) in [6.45, 7) is -1.49. The summed E-state index contributed by atoms with van der Waals surface area (Å²) in [5.41, 5.74) is 10.9. The monoisotopic (exact) mass is 676 g/mol. The highest BCUT2D eigenvalue weighted by atomic mass is 31.2. The second kappa shape index (κ2) is 11.8. The number of ether oxygens (including phenoxy) is 2. The average molecular weight is 676 g/mol. The second-order valence-electron chi connectivity index (χ2n) is 10.1. The van der Waals surface area contributed by atoms with Gasteiger partial charge in [-0.15, -0.1) is 0 Å². The Morgan fingerprint density at radius 3 is 2.53 bits per heavy atom. The number of aromatic amines is 1. The zero-order valence-corrected chi connectivity index (χ0v) is 24.4. The number of aliphatic hydroxyl groups is 1. The van der Waals surface area contributed by atoms with Gasteiger partial charge < -0.3 is 49.8 Å². The fourth-order valence-electron chi connectivity index (χ4n) is 5.14. The van der Waals surface area contributed by atoms with Crippen LogP contribution in [0.1, 0.15) is 25.3 Å². The fraction of sp³-hybridized carbons (Fsp3) is 0.476. The van der Waals surface area contributed by atoms with Gasteiger partial charge in [0.2, 0.25) is 5.95 Å². The molecule has 4 aromatic rings. The minimum Gasteiger partial charge on any atom is -0.756 e. The van der Waals surface area contributed by atoms with Gasteiger partial charge in [0.05, 0.1) is 31.0 Å². The number of nitrogens with one attached hydrogen (secondary N) is 1. The molecule has 0 saturated carbocycles. The Labute approximate surface area is 249 Å². The number of fused-ring (bicyclic) bond motifs is 2. The van der Waals surface area contributed by atoms with Gasteiger partial charge in [0.1, 0.15) is 42.9 Å². The molecule has 2 unspecified atom stereocenters. The molecule has 0 spiro atoms. The highest BCUT2D eigenvalue weighted by Crippen LogP contribution is 2.50. The molecule has 21 nitrogen and oxygen atoms in total. The number of phosphoric acid groups is 2. The van der Waals surface area contributed by atoms with Gasteiger partial charge in [-0.05, 0) is 0 Å². The molecule has 2 fully saturated rings.